The number of aryl methyl sites for hydroxylation is 1. The molecule has 2 atom stereocenters. The highest BCUT2D eigenvalue weighted by Gasteiger charge is 2.31. The number of halogens is 1. The SMILES string of the molecule is COC(=O)N1CCc2c(nc(C)n2C2CCN(C(C)C[C@H](N)c3cccc(F)c3)CC2)C1. The van der Waals surface area contributed by atoms with Crippen LogP contribution in [0.2, 0.25) is 0 Å². The number of methoxy groups -OCH3 is 1. The summed E-state index contributed by atoms with van der Waals surface area (Å²) in [6.45, 7) is 7.46. The maximum atomic E-state index is 13.5. The maximum Gasteiger partial charge on any atom is 0.409 e. The molecule has 2 aromatic rings. The van der Waals surface area contributed by atoms with Gasteiger partial charge in [0, 0.05) is 49.9 Å². The molecule has 32 heavy (non-hydrogen) atoms. The molecule has 174 valence electrons. The first-order chi connectivity index (χ1) is 15.4. The van der Waals surface area contributed by atoms with E-state index in [-0.39, 0.29) is 18.0 Å². The number of nitrogens with two attached hydrogens (primary N) is 1. The number of hydrogen-bond donors (Lipinski definition) is 1. The molecule has 0 radical (unpaired) electrons. The average molecular weight is 444 g/mol. The van der Waals surface area contributed by atoms with Crippen LogP contribution >= 0.6 is 0 Å². The zero-order chi connectivity index (χ0) is 22.8. The topological polar surface area (TPSA) is 76.6 Å². The number of piperidine rings is 1. The first-order valence-electron chi connectivity index (χ1n) is 11.5. The van der Waals surface area contributed by atoms with Crippen LogP contribution < -0.4 is 5.73 Å². The molecule has 0 saturated carbocycles. The number of hydrogen-bond acceptors (Lipinski definition) is 5. The number of carbonyl (C=O) groups excluding carboxylic acids is 1. The minimum atomic E-state index is -0.290. The lowest BCUT2D eigenvalue weighted by molar-refractivity contribution is 0.116. The number of amides is 1. The fourth-order valence-corrected chi connectivity index (χ4v) is 5.28. The van der Waals surface area contributed by atoms with Crippen molar-refractivity contribution in [1.29, 1.82) is 0 Å². The number of carbonyl (C=O) groups is 1. The molecular formula is C24H34FN5O2. The van der Waals surface area contributed by atoms with E-state index in [0.29, 0.717) is 25.2 Å². The van der Waals surface area contributed by atoms with Crippen LogP contribution in [0.4, 0.5) is 9.18 Å². The predicted octanol–water partition coefficient (Wildman–Crippen LogP) is 3.57. The van der Waals surface area contributed by atoms with Gasteiger partial charge in [-0.05, 0) is 50.8 Å². The normalized spacial score (nSPS) is 19.5. The van der Waals surface area contributed by atoms with Gasteiger partial charge in [0.05, 0.1) is 19.3 Å². The van der Waals surface area contributed by atoms with Gasteiger partial charge in [-0.15, -0.1) is 0 Å². The van der Waals surface area contributed by atoms with E-state index >= 15 is 0 Å². The van der Waals surface area contributed by atoms with E-state index in [9.17, 15) is 9.18 Å². The van der Waals surface area contributed by atoms with E-state index < -0.39 is 0 Å². The Morgan fingerprint density at radius 3 is 2.75 bits per heavy atom. The van der Waals surface area contributed by atoms with E-state index in [4.69, 9.17) is 15.5 Å². The Morgan fingerprint density at radius 1 is 1.31 bits per heavy atom. The summed E-state index contributed by atoms with van der Waals surface area (Å²) in [6, 6.07) is 7.21. The van der Waals surface area contributed by atoms with Crippen LogP contribution in [0.25, 0.3) is 0 Å². The van der Waals surface area contributed by atoms with Crippen LogP contribution in [-0.4, -0.2) is 58.2 Å². The Labute approximate surface area is 189 Å². The average Bonchev–Trinajstić information content (AvgIpc) is 3.13. The fraction of sp³-hybridized carbons (Fsp3) is 0.583. The molecular weight excluding hydrogens is 409 g/mol. The highest BCUT2D eigenvalue weighted by atomic mass is 19.1. The molecule has 2 aliphatic heterocycles. The first-order valence-corrected chi connectivity index (χ1v) is 11.5. The number of aromatic nitrogens is 2. The van der Waals surface area contributed by atoms with E-state index in [1.165, 1.54) is 24.9 Å². The minimum Gasteiger partial charge on any atom is -0.453 e. The van der Waals surface area contributed by atoms with Crippen molar-refractivity contribution < 1.29 is 13.9 Å². The van der Waals surface area contributed by atoms with Gasteiger partial charge < -0.3 is 24.8 Å². The van der Waals surface area contributed by atoms with Crippen LogP contribution in [0, 0.1) is 12.7 Å². The number of fused-ring (bicyclic) bond motifs is 1. The third kappa shape index (κ3) is 4.66. The molecule has 1 saturated heterocycles. The van der Waals surface area contributed by atoms with Crippen LogP contribution in [0.3, 0.4) is 0 Å². The van der Waals surface area contributed by atoms with Crippen molar-refractivity contribution in [3.63, 3.8) is 0 Å². The summed E-state index contributed by atoms with van der Waals surface area (Å²) in [6.07, 6.45) is 3.44. The molecule has 2 aliphatic rings. The molecule has 1 aromatic carbocycles. The number of ether oxygens (including phenoxy) is 1. The van der Waals surface area contributed by atoms with E-state index in [1.807, 2.05) is 6.07 Å². The number of benzene rings is 1. The Kier molecular flexibility index (Phi) is 6.81. The number of imidazole rings is 1. The van der Waals surface area contributed by atoms with Gasteiger partial charge in [-0.2, -0.15) is 0 Å². The molecule has 1 fully saturated rings. The molecule has 1 amide bonds. The summed E-state index contributed by atoms with van der Waals surface area (Å²) >= 11 is 0. The molecule has 0 aliphatic carbocycles. The van der Waals surface area contributed by atoms with Gasteiger partial charge in [0.25, 0.3) is 0 Å². The summed E-state index contributed by atoms with van der Waals surface area (Å²) in [7, 11) is 1.42. The van der Waals surface area contributed by atoms with E-state index in [0.717, 1.165) is 55.9 Å². The molecule has 1 unspecified atom stereocenters. The second-order valence-electron chi connectivity index (χ2n) is 9.08. The van der Waals surface area contributed by atoms with Crippen molar-refractivity contribution in [2.45, 2.75) is 64.2 Å². The minimum absolute atomic E-state index is 0.168. The molecule has 3 heterocycles. The van der Waals surface area contributed by atoms with Gasteiger partial charge >= 0.3 is 6.09 Å². The van der Waals surface area contributed by atoms with Gasteiger partial charge in [-0.1, -0.05) is 12.1 Å². The van der Waals surface area contributed by atoms with Gasteiger partial charge in [0.1, 0.15) is 11.6 Å². The van der Waals surface area contributed by atoms with Crippen LogP contribution in [0.15, 0.2) is 24.3 Å². The Hall–Kier alpha value is -2.45. The first kappa shape index (κ1) is 22.7. The molecule has 2 N–H and O–H groups in total. The van der Waals surface area contributed by atoms with Crippen LogP contribution in [0.5, 0.6) is 0 Å². The smallest absolute Gasteiger partial charge is 0.409 e. The van der Waals surface area contributed by atoms with Crippen LogP contribution in [0.1, 0.15) is 61.0 Å². The monoisotopic (exact) mass is 443 g/mol. The quantitative estimate of drug-likeness (QED) is 0.765. The lowest BCUT2D eigenvalue weighted by Gasteiger charge is -2.38. The summed E-state index contributed by atoms with van der Waals surface area (Å²) in [4.78, 5) is 20.9. The summed E-state index contributed by atoms with van der Waals surface area (Å²) < 4.78 is 20.8. The molecule has 4 rings (SSSR count). The van der Waals surface area contributed by atoms with Gasteiger partial charge in [0.15, 0.2) is 0 Å². The summed E-state index contributed by atoms with van der Waals surface area (Å²) in [5.74, 6) is 0.793. The molecule has 0 bridgehead atoms. The lowest BCUT2D eigenvalue weighted by Crippen LogP contribution is -2.42. The van der Waals surface area contributed by atoms with Crippen molar-refractivity contribution >= 4 is 6.09 Å². The maximum absolute atomic E-state index is 13.5. The standard InChI is InChI=1S/C24H34FN5O2/c1-16(13-21(26)18-5-4-6-19(25)14-18)28-10-7-20(8-11-28)30-17(2)27-22-15-29(24(31)32-3)12-9-23(22)30/h4-6,14,16,20-21H,7-13,15,26H2,1-3H3/t16?,21-/m0/s1. The molecule has 7 nitrogen and oxygen atoms in total. The summed E-state index contributed by atoms with van der Waals surface area (Å²) in [5.41, 5.74) is 9.49. The number of nitrogens with zero attached hydrogens (tertiary/aromatic N) is 4. The van der Waals surface area contributed by atoms with Crippen molar-refractivity contribution in [2.75, 3.05) is 26.7 Å². The van der Waals surface area contributed by atoms with E-state index in [1.54, 1.807) is 11.0 Å². The largest absolute Gasteiger partial charge is 0.453 e. The zero-order valence-corrected chi connectivity index (χ0v) is 19.3. The fourth-order valence-electron chi connectivity index (χ4n) is 5.28. The molecule has 0 spiro atoms. The summed E-state index contributed by atoms with van der Waals surface area (Å²) in [5, 5.41) is 0. The second kappa shape index (κ2) is 9.58. The Balaban J connectivity index is 1.36. The third-order valence-electron chi connectivity index (χ3n) is 7.02. The zero-order valence-electron chi connectivity index (χ0n) is 19.3. The van der Waals surface area contributed by atoms with E-state index in [2.05, 4.69) is 23.3 Å². The number of likely N-dealkylation sites (tertiary alicyclic amines) is 1. The lowest BCUT2D eigenvalue weighted by atomic mass is 9.97. The molecule has 1 aromatic heterocycles. The Morgan fingerprint density at radius 2 is 2.06 bits per heavy atom. The van der Waals surface area contributed by atoms with Gasteiger partial charge in [-0.3, -0.25) is 0 Å². The van der Waals surface area contributed by atoms with Crippen molar-refractivity contribution in [3.8, 4) is 0 Å². The highest BCUT2D eigenvalue weighted by Crippen LogP contribution is 2.31. The predicted molar refractivity (Wildman–Crippen MR) is 121 cm³/mol. The molecule has 8 heteroatoms. The second-order valence-corrected chi connectivity index (χ2v) is 9.08. The third-order valence-corrected chi connectivity index (χ3v) is 7.02. The van der Waals surface area contributed by atoms with Crippen molar-refractivity contribution in [1.82, 2.24) is 19.4 Å². The number of rotatable bonds is 5. The van der Waals surface area contributed by atoms with Gasteiger partial charge in [-0.25, -0.2) is 14.2 Å². The van der Waals surface area contributed by atoms with Crippen LogP contribution in [-0.2, 0) is 17.7 Å². The van der Waals surface area contributed by atoms with Crippen molar-refractivity contribution in [2.24, 2.45) is 5.73 Å². The van der Waals surface area contributed by atoms with Gasteiger partial charge in [0.2, 0.25) is 0 Å². The highest BCUT2D eigenvalue weighted by molar-refractivity contribution is 5.67. The Bertz CT molecular complexity index is 954. The van der Waals surface area contributed by atoms with Crippen molar-refractivity contribution in [3.05, 3.63) is 52.9 Å².